The van der Waals surface area contributed by atoms with Crippen molar-refractivity contribution in [2.24, 2.45) is 5.73 Å². The minimum Gasteiger partial charge on any atom is -0.319 e. The zero-order chi connectivity index (χ0) is 10.2. The van der Waals surface area contributed by atoms with Gasteiger partial charge in [0.05, 0.1) is 11.2 Å². The average Bonchev–Trinajstić information content (AvgIpc) is 2.52. The van der Waals surface area contributed by atoms with Crippen molar-refractivity contribution >= 4 is 0 Å². The predicted molar refractivity (Wildman–Crippen MR) is 52.3 cm³/mol. The summed E-state index contributed by atoms with van der Waals surface area (Å²) in [6.07, 6.45) is 0.808. The highest BCUT2D eigenvalue weighted by molar-refractivity contribution is 5.23. The molecule has 1 unspecified atom stereocenters. The molecule has 1 fully saturated rings. The molecule has 0 bridgehead atoms. The Kier molecular flexibility index (Phi) is 2.25. The summed E-state index contributed by atoms with van der Waals surface area (Å²) < 4.78 is 13.1. The molecule has 4 heteroatoms. The van der Waals surface area contributed by atoms with Gasteiger partial charge in [0.2, 0.25) is 5.95 Å². The van der Waals surface area contributed by atoms with E-state index in [1.807, 2.05) is 13.0 Å². The molecule has 1 saturated heterocycles. The molecule has 1 aliphatic heterocycles. The predicted octanol–water partition coefficient (Wildman–Crippen LogP) is 0.676. The maximum absolute atomic E-state index is 13.1. The molecule has 0 saturated carbocycles. The summed E-state index contributed by atoms with van der Waals surface area (Å²) in [5.41, 5.74) is 7.15. The Morgan fingerprint density at radius 3 is 2.93 bits per heavy atom. The van der Waals surface area contributed by atoms with Gasteiger partial charge in [-0.2, -0.15) is 4.39 Å². The fourth-order valence-electron chi connectivity index (χ4n) is 1.81. The summed E-state index contributed by atoms with van der Waals surface area (Å²) in [6, 6.07) is 3.27. The smallest absolute Gasteiger partial charge is 0.213 e. The lowest BCUT2D eigenvalue weighted by molar-refractivity contribution is 0.460. The molecule has 0 spiro atoms. The van der Waals surface area contributed by atoms with Gasteiger partial charge in [-0.3, -0.25) is 0 Å². The maximum atomic E-state index is 13.1. The first-order chi connectivity index (χ1) is 6.60. The third kappa shape index (κ3) is 1.63. The molecule has 3 N–H and O–H groups in total. The lowest BCUT2D eigenvalue weighted by atomic mass is 9.94. The number of nitrogens with zero attached hydrogens (tertiary/aromatic N) is 1. The van der Waals surface area contributed by atoms with Crippen molar-refractivity contribution in [3.05, 3.63) is 29.3 Å². The highest BCUT2D eigenvalue weighted by atomic mass is 19.1. The standard InChI is InChI=1S/C10H14FN3/c1-7-4-8(14-9(11)5-7)10(12)2-3-13-6-10/h4-5,13H,2-3,6,12H2,1H3. The molecule has 0 radical (unpaired) electrons. The lowest BCUT2D eigenvalue weighted by Gasteiger charge is -2.22. The molecule has 0 amide bonds. The Balaban J connectivity index is 2.40. The first-order valence-electron chi connectivity index (χ1n) is 4.74. The number of aromatic nitrogens is 1. The number of hydrogen-bond donors (Lipinski definition) is 2. The molecule has 1 atom stereocenters. The summed E-state index contributed by atoms with van der Waals surface area (Å²) in [6.45, 7) is 3.39. The van der Waals surface area contributed by atoms with Crippen molar-refractivity contribution in [1.82, 2.24) is 10.3 Å². The number of rotatable bonds is 1. The van der Waals surface area contributed by atoms with Crippen LogP contribution in [0, 0.1) is 12.9 Å². The Hall–Kier alpha value is -1.00. The quantitative estimate of drug-likeness (QED) is 0.648. The summed E-state index contributed by atoms with van der Waals surface area (Å²) in [4.78, 5) is 3.86. The first-order valence-corrected chi connectivity index (χ1v) is 4.74. The van der Waals surface area contributed by atoms with Crippen molar-refractivity contribution in [3.63, 3.8) is 0 Å². The van der Waals surface area contributed by atoms with E-state index in [1.165, 1.54) is 6.07 Å². The molecule has 0 aliphatic carbocycles. The number of halogens is 1. The van der Waals surface area contributed by atoms with Crippen LogP contribution in [-0.4, -0.2) is 18.1 Å². The van der Waals surface area contributed by atoms with Gasteiger partial charge in [-0.1, -0.05) is 0 Å². The molecule has 2 rings (SSSR count). The highest BCUT2D eigenvalue weighted by Crippen LogP contribution is 2.23. The number of aryl methyl sites for hydroxylation is 1. The fraction of sp³-hybridized carbons (Fsp3) is 0.500. The topological polar surface area (TPSA) is 50.9 Å². The van der Waals surface area contributed by atoms with E-state index in [0.29, 0.717) is 12.2 Å². The zero-order valence-corrected chi connectivity index (χ0v) is 8.18. The monoisotopic (exact) mass is 195 g/mol. The Morgan fingerprint density at radius 1 is 1.57 bits per heavy atom. The van der Waals surface area contributed by atoms with Gasteiger partial charge in [-0.05, 0) is 37.6 Å². The van der Waals surface area contributed by atoms with Crippen molar-refractivity contribution in [3.8, 4) is 0 Å². The minimum atomic E-state index is -0.493. The van der Waals surface area contributed by atoms with Gasteiger partial charge in [0.1, 0.15) is 0 Å². The second-order valence-electron chi connectivity index (χ2n) is 3.94. The number of nitrogens with one attached hydrogen (secondary N) is 1. The normalized spacial score (nSPS) is 26.8. The summed E-state index contributed by atoms with van der Waals surface area (Å²) in [7, 11) is 0. The maximum Gasteiger partial charge on any atom is 0.213 e. The minimum absolute atomic E-state index is 0.447. The Morgan fingerprint density at radius 2 is 2.36 bits per heavy atom. The summed E-state index contributed by atoms with van der Waals surface area (Å²) in [5.74, 6) is -0.447. The van der Waals surface area contributed by atoms with Crippen LogP contribution < -0.4 is 11.1 Å². The second-order valence-corrected chi connectivity index (χ2v) is 3.94. The third-order valence-corrected chi connectivity index (χ3v) is 2.64. The van der Waals surface area contributed by atoms with E-state index in [-0.39, 0.29) is 0 Å². The van der Waals surface area contributed by atoms with Gasteiger partial charge in [0.15, 0.2) is 0 Å². The number of nitrogens with two attached hydrogens (primary N) is 1. The lowest BCUT2D eigenvalue weighted by Crippen LogP contribution is -2.39. The molecular weight excluding hydrogens is 181 g/mol. The molecular formula is C10H14FN3. The SMILES string of the molecule is Cc1cc(F)nc(C2(N)CCNC2)c1. The van der Waals surface area contributed by atoms with E-state index in [0.717, 1.165) is 18.5 Å². The molecule has 1 aliphatic rings. The van der Waals surface area contributed by atoms with Crippen molar-refractivity contribution < 1.29 is 4.39 Å². The molecule has 1 aromatic rings. The summed E-state index contributed by atoms with van der Waals surface area (Å²) >= 11 is 0. The van der Waals surface area contributed by atoms with E-state index in [1.54, 1.807) is 0 Å². The van der Waals surface area contributed by atoms with Crippen LogP contribution in [0.5, 0.6) is 0 Å². The average molecular weight is 195 g/mol. The van der Waals surface area contributed by atoms with E-state index in [2.05, 4.69) is 10.3 Å². The summed E-state index contributed by atoms with van der Waals surface area (Å²) in [5, 5.41) is 3.16. The van der Waals surface area contributed by atoms with Gasteiger partial charge in [0.25, 0.3) is 0 Å². The largest absolute Gasteiger partial charge is 0.319 e. The third-order valence-electron chi connectivity index (χ3n) is 2.64. The van der Waals surface area contributed by atoms with Crippen molar-refractivity contribution in [1.29, 1.82) is 0 Å². The van der Waals surface area contributed by atoms with Gasteiger partial charge in [-0.15, -0.1) is 0 Å². The molecule has 76 valence electrons. The van der Waals surface area contributed by atoms with Crippen LogP contribution >= 0.6 is 0 Å². The Labute approximate surface area is 82.5 Å². The van der Waals surface area contributed by atoms with E-state index >= 15 is 0 Å². The van der Waals surface area contributed by atoms with Gasteiger partial charge < -0.3 is 11.1 Å². The van der Waals surface area contributed by atoms with E-state index in [9.17, 15) is 4.39 Å². The fourth-order valence-corrected chi connectivity index (χ4v) is 1.81. The Bertz CT molecular complexity index is 325. The van der Waals surface area contributed by atoms with Crippen LogP contribution in [-0.2, 0) is 5.54 Å². The van der Waals surface area contributed by atoms with Crippen molar-refractivity contribution in [2.75, 3.05) is 13.1 Å². The highest BCUT2D eigenvalue weighted by Gasteiger charge is 2.32. The second kappa shape index (κ2) is 3.29. The van der Waals surface area contributed by atoms with Crippen molar-refractivity contribution in [2.45, 2.75) is 18.9 Å². The number of hydrogen-bond acceptors (Lipinski definition) is 3. The first kappa shape index (κ1) is 9.55. The molecule has 0 aromatic carbocycles. The molecule has 14 heavy (non-hydrogen) atoms. The van der Waals surface area contributed by atoms with E-state index < -0.39 is 11.5 Å². The van der Waals surface area contributed by atoms with Crippen LogP contribution in [0.3, 0.4) is 0 Å². The van der Waals surface area contributed by atoms with Crippen LogP contribution in [0.1, 0.15) is 17.7 Å². The van der Waals surface area contributed by atoms with Gasteiger partial charge in [0, 0.05) is 6.54 Å². The van der Waals surface area contributed by atoms with Gasteiger partial charge >= 0.3 is 0 Å². The zero-order valence-electron chi connectivity index (χ0n) is 8.18. The molecule has 3 nitrogen and oxygen atoms in total. The molecule has 1 aromatic heterocycles. The van der Waals surface area contributed by atoms with Crippen LogP contribution in [0.4, 0.5) is 4.39 Å². The van der Waals surface area contributed by atoms with Crippen LogP contribution in [0.25, 0.3) is 0 Å². The van der Waals surface area contributed by atoms with E-state index in [4.69, 9.17) is 5.73 Å². The number of pyridine rings is 1. The van der Waals surface area contributed by atoms with Crippen LogP contribution in [0.15, 0.2) is 12.1 Å². The van der Waals surface area contributed by atoms with Crippen LogP contribution in [0.2, 0.25) is 0 Å². The molecule has 2 heterocycles. The van der Waals surface area contributed by atoms with Gasteiger partial charge in [-0.25, -0.2) is 4.98 Å².